The number of aryl methyl sites for hydroxylation is 1. The maximum atomic E-state index is 5.93. The average molecular weight is 295 g/mol. The third-order valence-corrected chi connectivity index (χ3v) is 3.53. The Hall–Kier alpha value is -1.73. The first-order chi connectivity index (χ1) is 9.08. The van der Waals surface area contributed by atoms with Gasteiger partial charge in [-0.2, -0.15) is 0 Å². The molecule has 0 aliphatic heterocycles. The lowest BCUT2D eigenvalue weighted by atomic mass is 10.3. The largest absolute Gasteiger partial charge is 0.329 e. The summed E-state index contributed by atoms with van der Waals surface area (Å²) in [6, 6.07) is 1.74. The van der Waals surface area contributed by atoms with E-state index in [9.17, 15) is 0 Å². The van der Waals surface area contributed by atoms with E-state index in [0.717, 1.165) is 17.0 Å². The van der Waals surface area contributed by atoms with Crippen LogP contribution in [-0.2, 0) is 7.05 Å². The van der Waals surface area contributed by atoms with Gasteiger partial charge in [-0.05, 0) is 25.2 Å². The number of halogens is 1. The fraction of sp³-hybridized carbons (Fsp3) is 0.273. The number of nitrogens with one attached hydrogen (secondary N) is 1. The molecule has 0 aromatic carbocycles. The van der Waals surface area contributed by atoms with E-state index in [-0.39, 0.29) is 6.04 Å². The van der Waals surface area contributed by atoms with E-state index in [1.165, 1.54) is 0 Å². The van der Waals surface area contributed by atoms with Crippen LogP contribution in [-0.4, -0.2) is 29.3 Å². The summed E-state index contributed by atoms with van der Waals surface area (Å²) in [6.07, 6.45) is 3.26. The Morgan fingerprint density at radius 3 is 2.95 bits per heavy atom. The van der Waals surface area contributed by atoms with Crippen molar-refractivity contribution in [2.75, 3.05) is 0 Å². The molecule has 3 rings (SSSR count). The zero-order chi connectivity index (χ0) is 13.6. The van der Waals surface area contributed by atoms with E-state index >= 15 is 0 Å². The summed E-state index contributed by atoms with van der Waals surface area (Å²) in [5.41, 5.74) is 1.57. The molecule has 0 aliphatic carbocycles. The molecular formula is C11H11ClN6S. The molecule has 3 aromatic heterocycles. The van der Waals surface area contributed by atoms with Crippen molar-refractivity contribution in [3.05, 3.63) is 34.2 Å². The predicted octanol–water partition coefficient (Wildman–Crippen LogP) is 2.49. The first-order valence-corrected chi connectivity index (χ1v) is 6.46. The van der Waals surface area contributed by atoms with Gasteiger partial charge in [-0.3, -0.25) is 4.57 Å². The molecule has 1 N–H and O–H groups in total. The standard InChI is InChI=1S/C11H11ClN6S/c1-6(9-16-14-5-17(9)2)18-10-8(15-11(18)19)3-7(12)4-13-10/h3-6H,1-2H3,(H,15,19). The van der Waals surface area contributed by atoms with Crippen LogP contribution in [0, 0.1) is 4.77 Å². The second kappa shape index (κ2) is 4.43. The van der Waals surface area contributed by atoms with Crippen molar-refractivity contribution in [2.45, 2.75) is 13.0 Å². The van der Waals surface area contributed by atoms with Gasteiger partial charge in [0.15, 0.2) is 16.2 Å². The summed E-state index contributed by atoms with van der Waals surface area (Å²) in [4.78, 5) is 7.44. The summed E-state index contributed by atoms with van der Waals surface area (Å²) in [7, 11) is 1.90. The van der Waals surface area contributed by atoms with Crippen LogP contribution in [0.15, 0.2) is 18.6 Å². The second-order valence-corrected chi connectivity index (χ2v) is 5.12. The van der Waals surface area contributed by atoms with Gasteiger partial charge in [-0.1, -0.05) is 11.6 Å². The number of imidazole rings is 1. The van der Waals surface area contributed by atoms with E-state index in [2.05, 4.69) is 20.2 Å². The molecule has 1 unspecified atom stereocenters. The van der Waals surface area contributed by atoms with E-state index in [4.69, 9.17) is 23.8 Å². The highest BCUT2D eigenvalue weighted by molar-refractivity contribution is 7.71. The molecule has 0 saturated heterocycles. The smallest absolute Gasteiger partial charge is 0.179 e. The fourth-order valence-electron chi connectivity index (χ4n) is 2.13. The average Bonchev–Trinajstić information content (AvgIpc) is 2.90. The number of fused-ring (bicyclic) bond motifs is 1. The molecule has 8 heteroatoms. The SMILES string of the molecule is CC(c1nncn1C)n1c(=S)[nH]c2cc(Cl)cnc21. The van der Waals surface area contributed by atoms with Gasteiger partial charge < -0.3 is 9.55 Å². The van der Waals surface area contributed by atoms with Gasteiger partial charge in [0.1, 0.15) is 6.33 Å². The molecular weight excluding hydrogens is 284 g/mol. The summed E-state index contributed by atoms with van der Waals surface area (Å²) in [5, 5.41) is 8.58. The molecule has 0 bridgehead atoms. The van der Waals surface area contributed by atoms with Crippen molar-refractivity contribution in [1.29, 1.82) is 0 Å². The first-order valence-electron chi connectivity index (χ1n) is 5.67. The van der Waals surface area contributed by atoms with Crippen molar-refractivity contribution >= 4 is 35.0 Å². The highest BCUT2D eigenvalue weighted by atomic mass is 35.5. The van der Waals surface area contributed by atoms with Gasteiger partial charge in [-0.25, -0.2) is 4.98 Å². The van der Waals surface area contributed by atoms with Crippen LogP contribution in [0.5, 0.6) is 0 Å². The Morgan fingerprint density at radius 2 is 2.26 bits per heavy atom. The molecule has 3 heterocycles. The number of nitrogens with zero attached hydrogens (tertiary/aromatic N) is 5. The Bertz CT molecular complexity index is 801. The number of hydrogen-bond acceptors (Lipinski definition) is 4. The molecule has 0 amide bonds. The highest BCUT2D eigenvalue weighted by Crippen LogP contribution is 2.23. The predicted molar refractivity (Wildman–Crippen MR) is 74.7 cm³/mol. The topological polar surface area (TPSA) is 64.3 Å². The molecule has 19 heavy (non-hydrogen) atoms. The number of aromatic nitrogens is 6. The lowest BCUT2D eigenvalue weighted by molar-refractivity contribution is 0.578. The quantitative estimate of drug-likeness (QED) is 0.738. The van der Waals surface area contributed by atoms with Gasteiger partial charge >= 0.3 is 0 Å². The van der Waals surface area contributed by atoms with Crippen LogP contribution in [0.1, 0.15) is 18.8 Å². The van der Waals surface area contributed by atoms with Crippen molar-refractivity contribution < 1.29 is 0 Å². The molecule has 6 nitrogen and oxygen atoms in total. The molecule has 0 spiro atoms. The summed E-state index contributed by atoms with van der Waals surface area (Å²) in [5.74, 6) is 0.814. The van der Waals surface area contributed by atoms with Crippen LogP contribution >= 0.6 is 23.8 Å². The molecule has 1 atom stereocenters. The van der Waals surface area contributed by atoms with Crippen LogP contribution in [0.3, 0.4) is 0 Å². The number of rotatable bonds is 2. The molecule has 3 aromatic rings. The minimum absolute atomic E-state index is 0.0672. The molecule has 0 saturated carbocycles. The summed E-state index contributed by atoms with van der Waals surface area (Å²) in [6.45, 7) is 2.00. The van der Waals surface area contributed by atoms with Gasteiger partial charge in [0.2, 0.25) is 0 Å². The fourth-order valence-corrected chi connectivity index (χ4v) is 2.65. The van der Waals surface area contributed by atoms with Gasteiger partial charge in [-0.15, -0.1) is 10.2 Å². The van der Waals surface area contributed by atoms with Gasteiger partial charge in [0, 0.05) is 13.2 Å². The van der Waals surface area contributed by atoms with Crippen LogP contribution in [0.25, 0.3) is 11.2 Å². The third-order valence-electron chi connectivity index (χ3n) is 3.03. The van der Waals surface area contributed by atoms with Crippen LogP contribution in [0.2, 0.25) is 5.02 Å². The van der Waals surface area contributed by atoms with E-state index < -0.39 is 0 Å². The van der Waals surface area contributed by atoms with E-state index in [0.29, 0.717) is 9.79 Å². The minimum atomic E-state index is -0.0672. The maximum Gasteiger partial charge on any atom is 0.179 e. The van der Waals surface area contributed by atoms with Crippen molar-refractivity contribution in [2.24, 2.45) is 7.05 Å². The normalized spacial score (nSPS) is 13.0. The Labute approximate surface area is 119 Å². The zero-order valence-corrected chi connectivity index (χ0v) is 11.9. The Kier molecular flexibility index (Phi) is 2.87. The number of aromatic amines is 1. The second-order valence-electron chi connectivity index (χ2n) is 4.30. The van der Waals surface area contributed by atoms with E-state index in [1.54, 1.807) is 18.6 Å². The van der Waals surface area contributed by atoms with Crippen molar-refractivity contribution in [1.82, 2.24) is 29.3 Å². The Balaban J connectivity index is 2.23. The van der Waals surface area contributed by atoms with E-state index in [1.807, 2.05) is 23.1 Å². The summed E-state index contributed by atoms with van der Waals surface area (Å²) >= 11 is 11.3. The molecule has 0 fully saturated rings. The molecule has 98 valence electrons. The van der Waals surface area contributed by atoms with Gasteiger partial charge in [0.25, 0.3) is 0 Å². The van der Waals surface area contributed by atoms with Crippen molar-refractivity contribution in [3.8, 4) is 0 Å². The van der Waals surface area contributed by atoms with Crippen LogP contribution < -0.4 is 0 Å². The zero-order valence-electron chi connectivity index (χ0n) is 10.3. The Morgan fingerprint density at radius 1 is 1.47 bits per heavy atom. The van der Waals surface area contributed by atoms with Gasteiger partial charge in [0.05, 0.1) is 16.6 Å². The highest BCUT2D eigenvalue weighted by Gasteiger charge is 2.18. The van der Waals surface area contributed by atoms with Crippen molar-refractivity contribution in [3.63, 3.8) is 0 Å². The first kappa shape index (κ1) is 12.3. The molecule has 0 aliphatic rings. The number of hydrogen-bond donors (Lipinski definition) is 1. The number of H-pyrrole nitrogens is 1. The lowest BCUT2D eigenvalue weighted by Gasteiger charge is -2.12. The summed E-state index contributed by atoms with van der Waals surface area (Å²) < 4.78 is 4.35. The third kappa shape index (κ3) is 1.95. The lowest BCUT2D eigenvalue weighted by Crippen LogP contribution is -2.12. The van der Waals surface area contributed by atoms with Crippen LogP contribution in [0.4, 0.5) is 0 Å². The maximum absolute atomic E-state index is 5.93. The minimum Gasteiger partial charge on any atom is -0.329 e. The molecule has 0 radical (unpaired) electrons. The monoisotopic (exact) mass is 294 g/mol. The number of pyridine rings is 1.